The molecule has 1 aliphatic heterocycles. The summed E-state index contributed by atoms with van der Waals surface area (Å²) in [6.45, 7) is 9.05. The SMILES string of the molecule is CCC1(CC)CN(c2ccccc2N(C)C)C(C)CN1. The lowest BCUT2D eigenvalue weighted by atomic mass is 9.88. The van der Waals surface area contributed by atoms with Crippen molar-refractivity contribution in [3.05, 3.63) is 24.3 Å². The highest BCUT2D eigenvalue weighted by atomic mass is 15.3. The van der Waals surface area contributed by atoms with Crippen molar-refractivity contribution in [3.8, 4) is 0 Å². The first-order valence-electron chi connectivity index (χ1n) is 7.81. The summed E-state index contributed by atoms with van der Waals surface area (Å²) in [6, 6.07) is 9.27. The zero-order valence-corrected chi connectivity index (χ0v) is 13.6. The van der Waals surface area contributed by atoms with Gasteiger partial charge < -0.3 is 15.1 Å². The fourth-order valence-electron chi connectivity index (χ4n) is 3.14. The zero-order valence-electron chi connectivity index (χ0n) is 13.6. The van der Waals surface area contributed by atoms with Gasteiger partial charge in [0.15, 0.2) is 0 Å². The predicted molar refractivity (Wildman–Crippen MR) is 88.9 cm³/mol. The second-order valence-corrected chi connectivity index (χ2v) is 6.23. The minimum atomic E-state index is 0.256. The molecule has 0 aromatic heterocycles. The Balaban J connectivity index is 2.35. The van der Waals surface area contributed by atoms with Crippen LogP contribution >= 0.6 is 0 Å². The molecule has 0 amide bonds. The third-order valence-corrected chi connectivity index (χ3v) is 4.80. The monoisotopic (exact) mass is 275 g/mol. The Morgan fingerprint density at radius 1 is 1.25 bits per heavy atom. The molecular weight excluding hydrogens is 246 g/mol. The van der Waals surface area contributed by atoms with E-state index in [-0.39, 0.29) is 5.54 Å². The van der Waals surface area contributed by atoms with E-state index in [2.05, 4.69) is 74.2 Å². The number of hydrogen-bond acceptors (Lipinski definition) is 3. The summed E-state index contributed by atoms with van der Waals surface area (Å²) in [5, 5.41) is 3.77. The van der Waals surface area contributed by atoms with Gasteiger partial charge in [0.1, 0.15) is 0 Å². The molecule has 1 unspecified atom stereocenters. The maximum absolute atomic E-state index is 3.77. The molecule has 0 saturated carbocycles. The second-order valence-electron chi connectivity index (χ2n) is 6.23. The van der Waals surface area contributed by atoms with Crippen LogP contribution in [-0.4, -0.2) is 38.8 Å². The molecule has 112 valence electrons. The van der Waals surface area contributed by atoms with Crippen molar-refractivity contribution >= 4 is 11.4 Å². The molecule has 1 N–H and O–H groups in total. The van der Waals surface area contributed by atoms with Crippen LogP contribution in [0.25, 0.3) is 0 Å². The van der Waals surface area contributed by atoms with Crippen LogP contribution in [-0.2, 0) is 0 Å². The van der Waals surface area contributed by atoms with Crippen LogP contribution in [0.5, 0.6) is 0 Å². The second kappa shape index (κ2) is 6.04. The van der Waals surface area contributed by atoms with Gasteiger partial charge in [-0.3, -0.25) is 0 Å². The summed E-state index contributed by atoms with van der Waals surface area (Å²) in [4.78, 5) is 4.79. The van der Waals surface area contributed by atoms with E-state index >= 15 is 0 Å². The van der Waals surface area contributed by atoms with E-state index in [0.29, 0.717) is 6.04 Å². The van der Waals surface area contributed by atoms with E-state index in [0.717, 1.165) is 13.1 Å². The summed E-state index contributed by atoms with van der Waals surface area (Å²) in [5.41, 5.74) is 2.92. The molecule has 1 aromatic carbocycles. The Labute approximate surface area is 124 Å². The number of piperazine rings is 1. The van der Waals surface area contributed by atoms with Gasteiger partial charge in [-0.1, -0.05) is 26.0 Å². The first-order valence-corrected chi connectivity index (χ1v) is 7.81. The van der Waals surface area contributed by atoms with Gasteiger partial charge >= 0.3 is 0 Å². The summed E-state index contributed by atoms with van der Waals surface area (Å²) in [7, 11) is 4.25. The fourth-order valence-corrected chi connectivity index (χ4v) is 3.14. The lowest BCUT2D eigenvalue weighted by Gasteiger charge is -2.48. The number of nitrogens with one attached hydrogen (secondary N) is 1. The van der Waals surface area contributed by atoms with Crippen molar-refractivity contribution in [2.75, 3.05) is 37.0 Å². The fraction of sp³-hybridized carbons (Fsp3) is 0.647. The lowest BCUT2D eigenvalue weighted by molar-refractivity contribution is 0.254. The minimum absolute atomic E-state index is 0.256. The Morgan fingerprint density at radius 2 is 1.90 bits per heavy atom. The van der Waals surface area contributed by atoms with Crippen molar-refractivity contribution in [2.24, 2.45) is 0 Å². The van der Waals surface area contributed by atoms with Crippen molar-refractivity contribution in [3.63, 3.8) is 0 Å². The van der Waals surface area contributed by atoms with Gasteiger partial charge in [0.05, 0.1) is 11.4 Å². The van der Waals surface area contributed by atoms with Crippen LogP contribution in [0.4, 0.5) is 11.4 Å². The third-order valence-electron chi connectivity index (χ3n) is 4.80. The Morgan fingerprint density at radius 3 is 2.50 bits per heavy atom. The maximum atomic E-state index is 3.77. The molecule has 3 heteroatoms. The number of hydrogen-bond donors (Lipinski definition) is 1. The van der Waals surface area contributed by atoms with E-state index in [1.165, 1.54) is 24.2 Å². The molecule has 0 bridgehead atoms. The highest BCUT2D eigenvalue weighted by Gasteiger charge is 2.35. The van der Waals surface area contributed by atoms with Gasteiger partial charge in [-0.05, 0) is 31.9 Å². The maximum Gasteiger partial charge on any atom is 0.0607 e. The third kappa shape index (κ3) is 2.78. The normalized spacial score (nSPS) is 21.9. The minimum Gasteiger partial charge on any atom is -0.376 e. The van der Waals surface area contributed by atoms with Crippen molar-refractivity contribution in [1.82, 2.24) is 5.32 Å². The predicted octanol–water partition coefficient (Wildman–Crippen LogP) is 3.11. The summed E-state index contributed by atoms with van der Waals surface area (Å²) < 4.78 is 0. The molecule has 0 spiro atoms. The van der Waals surface area contributed by atoms with Crippen molar-refractivity contribution in [2.45, 2.75) is 45.2 Å². The number of para-hydroxylation sites is 2. The van der Waals surface area contributed by atoms with Gasteiger partial charge in [-0.25, -0.2) is 0 Å². The van der Waals surface area contributed by atoms with Crippen LogP contribution < -0.4 is 15.1 Å². The summed E-state index contributed by atoms with van der Waals surface area (Å²) in [6.07, 6.45) is 2.35. The Hall–Kier alpha value is -1.22. The average molecular weight is 275 g/mol. The number of rotatable bonds is 4. The molecule has 1 aromatic rings. The number of benzene rings is 1. The molecule has 1 heterocycles. The summed E-state index contributed by atoms with van der Waals surface area (Å²) in [5.74, 6) is 0. The average Bonchev–Trinajstić information content (AvgIpc) is 2.48. The molecule has 1 fully saturated rings. The standard InChI is InChI=1S/C17H29N3/c1-6-17(7-2)13-20(14(3)12-18-17)16-11-9-8-10-15(16)19(4)5/h8-11,14,18H,6-7,12-13H2,1-5H3. The molecule has 20 heavy (non-hydrogen) atoms. The first kappa shape index (κ1) is 15.2. The molecule has 1 saturated heterocycles. The molecule has 1 aliphatic rings. The van der Waals surface area contributed by atoms with Gasteiger partial charge in [0.2, 0.25) is 0 Å². The Kier molecular flexibility index (Phi) is 4.59. The van der Waals surface area contributed by atoms with E-state index in [1.807, 2.05) is 0 Å². The zero-order chi connectivity index (χ0) is 14.8. The highest BCUT2D eigenvalue weighted by Crippen LogP contribution is 2.33. The van der Waals surface area contributed by atoms with E-state index < -0.39 is 0 Å². The summed E-state index contributed by atoms with van der Waals surface area (Å²) >= 11 is 0. The van der Waals surface area contributed by atoms with Crippen LogP contribution in [0.1, 0.15) is 33.6 Å². The molecule has 0 aliphatic carbocycles. The first-order chi connectivity index (χ1) is 9.53. The number of anilines is 2. The Bertz CT molecular complexity index is 438. The van der Waals surface area contributed by atoms with Gasteiger partial charge in [0.25, 0.3) is 0 Å². The quantitative estimate of drug-likeness (QED) is 0.911. The lowest BCUT2D eigenvalue weighted by Crippen LogP contribution is -2.63. The van der Waals surface area contributed by atoms with Crippen molar-refractivity contribution in [1.29, 1.82) is 0 Å². The molecule has 2 rings (SSSR count). The van der Waals surface area contributed by atoms with E-state index in [9.17, 15) is 0 Å². The molecular formula is C17H29N3. The largest absolute Gasteiger partial charge is 0.376 e. The molecule has 0 radical (unpaired) electrons. The highest BCUT2D eigenvalue weighted by molar-refractivity contribution is 5.71. The van der Waals surface area contributed by atoms with Crippen LogP contribution in [0, 0.1) is 0 Å². The molecule has 1 atom stereocenters. The van der Waals surface area contributed by atoms with Gasteiger partial charge in [-0.2, -0.15) is 0 Å². The van der Waals surface area contributed by atoms with Crippen LogP contribution in [0.2, 0.25) is 0 Å². The number of nitrogens with zero attached hydrogens (tertiary/aromatic N) is 2. The van der Waals surface area contributed by atoms with E-state index in [1.54, 1.807) is 0 Å². The van der Waals surface area contributed by atoms with Crippen molar-refractivity contribution < 1.29 is 0 Å². The smallest absolute Gasteiger partial charge is 0.0607 e. The van der Waals surface area contributed by atoms with Gasteiger partial charge in [-0.15, -0.1) is 0 Å². The van der Waals surface area contributed by atoms with E-state index in [4.69, 9.17) is 0 Å². The topological polar surface area (TPSA) is 18.5 Å². The van der Waals surface area contributed by atoms with Crippen LogP contribution in [0.15, 0.2) is 24.3 Å². The van der Waals surface area contributed by atoms with Gasteiger partial charge in [0, 0.05) is 38.8 Å². The van der Waals surface area contributed by atoms with Crippen LogP contribution in [0.3, 0.4) is 0 Å². The molecule has 3 nitrogen and oxygen atoms in total.